The molecule has 2 N–H and O–H groups in total. The van der Waals surface area contributed by atoms with Gasteiger partial charge in [-0.15, -0.1) is 0 Å². The van der Waals surface area contributed by atoms with Crippen LogP contribution in [0.5, 0.6) is 5.88 Å². The molecule has 94 valence electrons. The predicted octanol–water partition coefficient (Wildman–Crippen LogP) is -0.0803. The van der Waals surface area contributed by atoms with E-state index < -0.39 is 15.9 Å². The minimum Gasteiger partial charge on any atom is -0.480 e. The van der Waals surface area contributed by atoms with Gasteiger partial charge in [-0.3, -0.25) is 4.98 Å². The monoisotopic (exact) mass is 257 g/mol. The number of hydrogen-bond acceptors (Lipinski definition) is 6. The molecule has 1 fully saturated rings. The van der Waals surface area contributed by atoms with Crippen molar-refractivity contribution in [1.29, 1.82) is 0 Å². The van der Waals surface area contributed by atoms with Gasteiger partial charge in [0.15, 0.2) is 9.84 Å². The van der Waals surface area contributed by atoms with Crippen molar-refractivity contribution in [2.45, 2.75) is 12.5 Å². The molecule has 2 unspecified atom stereocenters. The lowest BCUT2D eigenvalue weighted by atomic mass is 9.97. The molecule has 0 bridgehead atoms. The minimum atomic E-state index is -2.94. The first-order valence-corrected chi connectivity index (χ1v) is 7.16. The summed E-state index contributed by atoms with van der Waals surface area (Å²) in [7, 11) is -1.45. The molecule has 2 atom stereocenters. The van der Waals surface area contributed by atoms with Gasteiger partial charge in [0.05, 0.1) is 24.7 Å². The molecule has 1 aromatic heterocycles. The second-order valence-corrected chi connectivity index (χ2v) is 6.37. The average Bonchev–Trinajstić information content (AvgIpc) is 2.68. The van der Waals surface area contributed by atoms with E-state index in [2.05, 4.69) is 9.97 Å². The van der Waals surface area contributed by atoms with Crippen LogP contribution >= 0.6 is 0 Å². The molecule has 0 aromatic carbocycles. The van der Waals surface area contributed by atoms with E-state index in [-0.39, 0.29) is 17.4 Å². The number of sulfone groups is 1. The van der Waals surface area contributed by atoms with Crippen LogP contribution in [0.1, 0.15) is 18.2 Å². The summed E-state index contributed by atoms with van der Waals surface area (Å²) in [5.41, 5.74) is 6.58. The smallest absolute Gasteiger partial charge is 0.236 e. The van der Waals surface area contributed by atoms with E-state index in [9.17, 15) is 8.42 Å². The Morgan fingerprint density at radius 1 is 1.47 bits per heavy atom. The number of hydrogen-bond donors (Lipinski definition) is 1. The maximum atomic E-state index is 11.4. The fourth-order valence-corrected chi connectivity index (χ4v) is 3.91. The van der Waals surface area contributed by atoms with Crippen LogP contribution in [-0.4, -0.2) is 37.0 Å². The number of methoxy groups -OCH3 is 1. The molecule has 17 heavy (non-hydrogen) atoms. The van der Waals surface area contributed by atoms with Crippen LogP contribution in [-0.2, 0) is 9.84 Å². The Balaban J connectivity index is 2.23. The zero-order valence-electron chi connectivity index (χ0n) is 9.54. The molecule has 7 heteroatoms. The lowest BCUT2D eigenvalue weighted by Crippen LogP contribution is -2.24. The summed E-state index contributed by atoms with van der Waals surface area (Å²) in [6.45, 7) is 0. The number of rotatable bonds is 3. The Kier molecular flexibility index (Phi) is 3.30. The van der Waals surface area contributed by atoms with Crippen molar-refractivity contribution in [3.05, 3.63) is 18.1 Å². The molecule has 1 aliphatic heterocycles. The summed E-state index contributed by atoms with van der Waals surface area (Å²) >= 11 is 0. The summed E-state index contributed by atoms with van der Waals surface area (Å²) in [6, 6.07) is -0.448. The maximum Gasteiger partial charge on any atom is 0.236 e. The Morgan fingerprint density at radius 2 is 2.18 bits per heavy atom. The van der Waals surface area contributed by atoms with Gasteiger partial charge in [-0.25, -0.2) is 13.4 Å². The van der Waals surface area contributed by atoms with Gasteiger partial charge >= 0.3 is 0 Å². The van der Waals surface area contributed by atoms with Crippen LogP contribution in [0.25, 0.3) is 0 Å². The molecule has 2 rings (SSSR count). The fourth-order valence-electron chi connectivity index (χ4n) is 2.05. The summed E-state index contributed by atoms with van der Waals surface area (Å²) in [5, 5.41) is 0. The Bertz CT molecular complexity index is 503. The molecule has 1 saturated heterocycles. The topological polar surface area (TPSA) is 95.2 Å². The van der Waals surface area contributed by atoms with E-state index in [1.807, 2.05) is 0 Å². The SMILES string of the molecule is COc1nccnc1C(N)C1CCS(=O)(=O)C1. The maximum absolute atomic E-state index is 11.4. The van der Waals surface area contributed by atoms with E-state index in [0.29, 0.717) is 18.0 Å². The van der Waals surface area contributed by atoms with E-state index >= 15 is 0 Å². The highest BCUT2D eigenvalue weighted by molar-refractivity contribution is 7.91. The minimum absolute atomic E-state index is 0.106. The fraction of sp³-hybridized carbons (Fsp3) is 0.600. The van der Waals surface area contributed by atoms with Crippen LogP contribution in [0.4, 0.5) is 0 Å². The van der Waals surface area contributed by atoms with Gasteiger partial charge in [-0.05, 0) is 12.3 Å². The van der Waals surface area contributed by atoms with Gasteiger partial charge in [0.1, 0.15) is 5.69 Å². The van der Waals surface area contributed by atoms with Crippen LogP contribution < -0.4 is 10.5 Å². The normalized spacial score (nSPS) is 24.5. The van der Waals surface area contributed by atoms with Crippen molar-refractivity contribution < 1.29 is 13.2 Å². The van der Waals surface area contributed by atoms with Crippen LogP contribution in [0.3, 0.4) is 0 Å². The second-order valence-electron chi connectivity index (χ2n) is 4.14. The van der Waals surface area contributed by atoms with Crippen molar-refractivity contribution in [3.63, 3.8) is 0 Å². The highest BCUT2D eigenvalue weighted by Crippen LogP contribution is 2.31. The third kappa shape index (κ3) is 2.55. The standard InChI is InChI=1S/C10H15N3O3S/c1-16-10-9(12-3-4-13-10)8(11)7-2-5-17(14,15)6-7/h3-4,7-8H,2,5-6,11H2,1H3. The van der Waals surface area contributed by atoms with Crippen molar-refractivity contribution >= 4 is 9.84 Å². The summed E-state index contributed by atoms with van der Waals surface area (Å²) in [4.78, 5) is 8.15. The number of aromatic nitrogens is 2. The zero-order chi connectivity index (χ0) is 12.5. The van der Waals surface area contributed by atoms with Crippen molar-refractivity contribution in [1.82, 2.24) is 9.97 Å². The molecule has 2 heterocycles. The first kappa shape index (κ1) is 12.3. The third-order valence-electron chi connectivity index (χ3n) is 2.98. The first-order chi connectivity index (χ1) is 8.03. The molecule has 0 radical (unpaired) electrons. The van der Waals surface area contributed by atoms with Crippen molar-refractivity contribution in [2.75, 3.05) is 18.6 Å². The summed E-state index contributed by atoms with van der Waals surface area (Å²) in [5.74, 6) is 0.580. The molecular formula is C10H15N3O3S. The number of nitrogens with zero attached hydrogens (tertiary/aromatic N) is 2. The lowest BCUT2D eigenvalue weighted by Gasteiger charge is -2.18. The second kappa shape index (κ2) is 4.58. The lowest BCUT2D eigenvalue weighted by molar-refractivity contribution is 0.371. The van der Waals surface area contributed by atoms with E-state index in [1.54, 1.807) is 0 Å². The van der Waals surface area contributed by atoms with E-state index in [0.717, 1.165) is 0 Å². The first-order valence-electron chi connectivity index (χ1n) is 5.34. The number of nitrogens with two attached hydrogens (primary N) is 1. The summed E-state index contributed by atoms with van der Waals surface area (Å²) in [6.07, 6.45) is 3.62. The molecule has 1 aromatic rings. The highest BCUT2D eigenvalue weighted by atomic mass is 32.2. The van der Waals surface area contributed by atoms with Crippen molar-refractivity contribution in [3.8, 4) is 5.88 Å². The predicted molar refractivity (Wildman–Crippen MR) is 62.3 cm³/mol. The van der Waals surface area contributed by atoms with Gasteiger partial charge in [-0.2, -0.15) is 0 Å². The Morgan fingerprint density at radius 3 is 2.76 bits per heavy atom. The molecule has 6 nitrogen and oxygen atoms in total. The van der Waals surface area contributed by atoms with Gasteiger partial charge in [0, 0.05) is 12.4 Å². The van der Waals surface area contributed by atoms with Crippen molar-refractivity contribution in [2.24, 2.45) is 11.7 Å². The highest BCUT2D eigenvalue weighted by Gasteiger charge is 2.34. The number of ether oxygens (including phenoxy) is 1. The van der Waals surface area contributed by atoms with Gasteiger partial charge in [0.2, 0.25) is 5.88 Å². The quantitative estimate of drug-likeness (QED) is 0.813. The van der Waals surface area contributed by atoms with Gasteiger partial charge < -0.3 is 10.5 Å². The van der Waals surface area contributed by atoms with Crippen LogP contribution in [0.2, 0.25) is 0 Å². The summed E-state index contributed by atoms with van der Waals surface area (Å²) < 4.78 is 27.9. The average molecular weight is 257 g/mol. The van der Waals surface area contributed by atoms with E-state index in [4.69, 9.17) is 10.5 Å². The molecule has 0 amide bonds. The largest absolute Gasteiger partial charge is 0.480 e. The van der Waals surface area contributed by atoms with Gasteiger partial charge in [-0.1, -0.05) is 0 Å². The van der Waals surface area contributed by atoms with Gasteiger partial charge in [0.25, 0.3) is 0 Å². The van der Waals surface area contributed by atoms with Crippen LogP contribution in [0.15, 0.2) is 12.4 Å². The molecular weight excluding hydrogens is 242 g/mol. The van der Waals surface area contributed by atoms with E-state index in [1.165, 1.54) is 19.5 Å². The Labute approximate surface area is 100 Å². The molecule has 0 aliphatic carbocycles. The van der Waals surface area contributed by atoms with Crippen LogP contribution in [0, 0.1) is 5.92 Å². The molecule has 0 saturated carbocycles. The zero-order valence-corrected chi connectivity index (χ0v) is 10.4. The third-order valence-corrected chi connectivity index (χ3v) is 4.77. The Hall–Kier alpha value is -1.21. The molecule has 0 spiro atoms. The molecule has 1 aliphatic rings.